The van der Waals surface area contributed by atoms with Gasteiger partial charge in [-0.25, -0.2) is 0 Å². The number of hydrogen-bond donors (Lipinski definition) is 8. The number of anilines is 12. The Morgan fingerprint density at radius 3 is 1.23 bits per heavy atom. The summed E-state index contributed by atoms with van der Waals surface area (Å²) in [4.78, 5) is 144. The Morgan fingerprint density at radius 2 is 0.729 bits per heavy atom. The van der Waals surface area contributed by atoms with Crippen LogP contribution in [0, 0.1) is 35.5 Å². The van der Waals surface area contributed by atoms with Gasteiger partial charge in [0, 0.05) is 37.9 Å². The molecule has 3 aliphatic heterocycles. The van der Waals surface area contributed by atoms with E-state index in [-0.39, 0.29) is 46.2 Å². The molecule has 14 N–H and O–H groups in total. The van der Waals surface area contributed by atoms with Crippen molar-refractivity contribution in [3.05, 3.63) is 316 Å². The maximum atomic E-state index is 11.9. The maximum absolute atomic E-state index is 11.9. The number of aromatic nitrogens is 1. The van der Waals surface area contributed by atoms with E-state index in [1.807, 2.05) is 51.1 Å². The first-order valence-electron chi connectivity index (χ1n) is 45.1. The molecule has 0 bridgehead atoms. The van der Waals surface area contributed by atoms with Crippen LogP contribution >= 0.6 is 0 Å². The van der Waals surface area contributed by atoms with Crippen LogP contribution in [0.1, 0.15) is 200 Å². The van der Waals surface area contributed by atoms with Crippen LogP contribution in [-0.2, 0) is 70.9 Å². The van der Waals surface area contributed by atoms with Gasteiger partial charge in [0.1, 0.15) is 86.4 Å². The zero-order valence-corrected chi connectivity index (χ0v) is 76.0. The quantitative estimate of drug-likeness (QED) is 0.0329. The van der Waals surface area contributed by atoms with Crippen LogP contribution in [0.4, 0.5) is 68.2 Å². The predicted octanol–water partition coefficient (Wildman–Crippen LogP) is 12.2. The fourth-order valence-corrected chi connectivity index (χ4v) is 18.2. The second-order valence-corrected chi connectivity index (χ2v) is 37.6. The topological polar surface area (TPSA) is 418 Å². The highest BCUT2D eigenvalue weighted by atomic mass is 16.5. The summed E-state index contributed by atoms with van der Waals surface area (Å²) in [6.07, 6.45) is 15.6. The number of nitrogen functional groups attached to an aromatic ring is 6. The zero-order valence-electron chi connectivity index (χ0n) is 76.0. The third-order valence-corrected chi connectivity index (χ3v) is 24.5. The first kappa shape index (κ1) is 93.4. The van der Waals surface area contributed by atoms with Gasteiger partial charge in [0.25, 0.3) is 65.1 Å². The number of rotatable bonds is 20. The van der Waals surface area contributed by atoms with Crippen molar-refractivity contribution in [2.75, 3.05) is 92.6 Å². The summed E-state index contributed by atoms with van der Waals surface area (Å²) in [5.74, 6) is 5.08. The van der Waals surface area contributed by atoms with Crippen molar-refractivity contribution in [1.82, 2.24) is 4.57 Å². The van der Waals surface area contributed by atoms with Crippen molar-refractivity contribution in [2.45, 2.75) is 198 Å². The molecule has 12 aromatic carbocycles. The van der Waals surface area contributed by atoms with Crippen LogP contribution in [0.3, 0.4) is 0 Å². The average molecular weight is 1750 g/mol. The molecule has 26 heteroatoms. The lowest BCUT2D eigenvalue weighted by atomic mass is 9.85. The SMILES string of the molecule is CC(C)Cc1ccc2c(c1)C(Nc1c(N)c(=O)c1=O)CC2.CC(C)Cc1ccc2c(c1)C(Nc1c(N)c(=O)c1=O)CCC2.CC(C)Cc1ccc2c(c1)CN(c1c(N)c(=O)c1=O)CCC2.CC(C)Cc1ccc2c(c1)CN(c1c(N)c(=O)c1=O)CCO2.CC(C)Cc1ccc2c(c1)N(c1c(N)c(=O)c1=O)CCCO2.CC(C)Cc1ccc2ccn(-c3c(N)c(=O)c3=O)c2c1. The van der Waals surface area contributed by atoms with Crippen LogP contribution in [0.15, 0.2) is 179 Å². The first-order valence-corrected chi connectivity index (χ1v) is 45.1. The molecule has 13 aromatic rings. The number of aryl methyl sites for hydroxylation is 3. The lowest BCUT2D eigenvalue weighted by Gasteiger charge is -2.28. The molecule has 4 heterocycles. The molecular weight excluding hydrogens is 1630 g/mol. The van der Waals surface area contributed by atoms with Gasteiger partial charge in [-0.3, -0.25) is 57.5 Å². The van der Waals surface area contributed by atoms with Gasteiger partial charge in [0.2, 0.25) is 0 Å². The third-order valence-electron chi connectivity index (χ3n) is 24.5. The molecule has 0 fully saturated rings. The second-order valence-electron chi connectivity index (χ2n) is 37.6. The molecule has 18 rings (SSSR count). The first-order chi connectivity index (χ1) is 61.3. The Labute approximate surface area is 749 Å². The van der Waals surface area contributed by atoms with E-state index < -0.39 is 65.1 Å². The lowest BCUT2D eigenvalue weighted by Crippen LogP contribution is -2.43. The van der Waals surface area contributed by atoms with Gasteiger partial charge in [-0.1, -0.05) is 168 Å². The molecular formula is C103H120N12O14. The average Bonchev–Trinajstić information content (AvgIpc) is 1.58. The van der Waals surface area contributed by atoms with Crippen molar-refractivity contribution in [2.24, 2.45) is 35.5 Å². The van der Waals surface area contributed by atoms with Gasteiger partial charge in [-0.15, -0.1) is 0 Å². The Kier molecular flexibility index (Phi) is 28.6. The highest BCUT2D eigenvalue weighted by Crippen LogP contribution is 2.41. The molecule has 129 heavy (non-hydrogen) atoms. The summed E-state index contributed by atoms with van der Waals surface area (Å²) >= 11 is 0. The minimum atomic E-state index is -0.583. The molecule has 2 unspecified atom stereocenters. The summed E-state index contributed by atoms with van der Waals surface area (Å²) < 4.78 is 13.2. The molecule has 0 radical (unpaired) electrons. The number of benzene rings is 6. The number of nitrogens with two attached hydrogens (primary N) is 6. The Morgan fingerprint density at radius 1 is 0.333 bits per heavy atom. The molecule has 676 valence electrons. The van der Waals surface area contributed by atoms with E-state index in [9.17, 15) is 57.5 Å². The van der Waals surface area contributed by atoms with E-state index >= 15 is 0 Å². The fraction of sp³-hybridized carbons (Fsp3) is 0.398. The number of ether oxygens (including phenoxy) is 2. The van der Waals surface area contributed by atoms with Gasteiger partial charge in [-0.05, 0) is 228 Å². The number of nitrogens with one attached hydrogen (secondary N) is 2. The normalized spacial score (nSPS) is 15.3. The molecule has 0 spiro atoms. The van der Waals surface area contributed by atoms with Gasteiger partial charge in [0.05, 0.1) is 36.4 Å². The maximum Gasteiger partial charge on any atom is 0.254 e. The third kappa shape index (κ3) is 20.3. The minimum Gasteiger partial charge on any atom is -0.491 e. The van der Waals surface area contributed by atoms with Crippen LogP contribution in [0.25, 0.3) is 16.6 Å². The second kappa shape index (κ2) is 39.5. The predicted molar refractivity (Wildman–Crippen MR) is 522 cm³/mol. The number of hydrogen-bond acceptors (Lipinski definition) is 25. The number of nitrogens with zero attached hydrogens (tertiary/aromatic N) is 4. The van der Waals surface area contributed by atoms with Crippen molar-refractivity contribution in [3.8, 4) is 17.2 Å². The Hall–Kier alpha value is -13.3. The molecule has 2 atom stereocenters. The minimum absolute atomic E-state index is 0.0572. The van der Waals surface area contributed by atoms with E-state index in [2.05, 4.69) is 173 Å². The number of fused-ring (bicyclic) bond motifs is 6. The molecule has 0 saturated carbocycles. The van der Waals surface area contributed by atoms with Gasteiger partial charge in [-0.2, -0.15) is 0 Å². The monoisotopic (exact) mass is 1750 g/mol. The summed E-state index contributed by atoms with van der Waals surface area (Å²) in [5, 5.41) is 7.40. The summed E-state index contributed by atoms with van der Waals surface area (Å²) in [5.41, 5.74) is 48.3. The Balaban J connectivity index is 0.000000132. The molecule has 0 amide bonds. The lowest BCUT2D eigenvalue weighted by molar-refractivity contribution is 0.322. The van der Waals surface area contributed by atoms with E-state index in [0.717, 1.165) is 130 Å². The summed E-state index contributed by atoms with van der Waals surface area (Å²) in [6.45, 7) is 30.4. The standard InChI is InChI=1S/2C18H22N2O2.2C17H20N2O3.C17H20N2O2.C16H16N2O2/c1-11(2)8-12-5-6-13-4-3-7-20(10-14(13)9-12)16-15(19)17(21)18(16)22;1-10(2)8-11-6-7-12-4-3-5-14(13(12)9-11)20-16-15(19)17(21)18(16)22;1-10(2)8-11-4-5-13-12(9-11)19(6-3-7-22-13)15-14(18)16(20)17(15)21;1-10(2)7-11-3-4-13-12(8-11)9-19(5-6-22-13)15-14(18)16(20)17(15)21;1-9(2)7-10-3-4-11-5-6-13(12(11)8-10)19-15-14(18)16(20)17(15)21;1-9(2)7-10-3-4-11-5-6-18(12(11)8-10)14-13(17)15(19)16(14)20/h5-6,9,11H,3-4,7-8,10,19H2,1-2H3;6-7,9-10,14,20H,3-5,8,19H2,1-2H3;4-5,9-10H,3,6-8,18H2,1-2H3;3-4,8,10H,5-7,9,18H2,1-2H3;3-4,8-9,13,19H,5-7,18H2,1-2H3;3-6,8-9H,7,17H2,1-2H3. The van der Waals surface area contributed by atoms with Crippen LogP contribution in [0.2, 0.25) is 0 Å². The van der Waals surface area contributed by atoms with Crippen LogP contribution in [-0.4, -0.2) is 37.4 Å². The van der Waals surface area contributed by atoms with Gasteiger partial charge < -0.3 is 73.8 Å². The fourth-order valence-electron chi connectivity index (χ4n) is 18.2. The van der Waals surface area contributed by atoms with Gasteiger partial charge >= 0.3 is 0 Å². The summed E-state index contributed by atoms with van der Waals surface area (Å²) in [7, 11) is 0. The van der Waals surface area contributed by atoms with Crippen LogP contribution in [0.5, 0.6) is 11.5 Å². The van der Waals surface area contributed by atoms with E-state index in [0.29, 0.717) is 109 Å². The van der Waals surface area contributed by atoms with E-state index in [4.69, 9.17) is 43.9 Å². The zero-order chi connectivity index (χ0) is 93.0. The highest BCUT2D eigenvalue weighted by molar-refractivity contribution is 5.85. The molecule has 1 aromatic heterocycles. The van der Waals surface area contributed by atoms with Gasteiger partial charge in [0.15, 0.2) is 0 Å². The molecule has 2 aliphatic carbocycles. The van der Waals surface area contributed by atoms with Crippen molar-refractivity contribution >= 4 is 79.2 Å². The van der Waals surface area contributed by atoms with E-state index in [1.165, 1.54) is 66.8 Å². The smallest absolute Gasteiger partial charge is 0.254 e. The highest BCUT2D eigenvalue weighted by Gasteiger charge is 2.34. The van der Waals surface area contributed by atoms with Crippen LogP contribution < -0.4 is 134 Å². The van der Waals surface area contributed by atoms with E-state index in [1.54, 1.807) is 10.8 Å². The summed E-state index contributed by atoms with van der Waals surface area (Å²) in [6, 6.07) is 40.4. The largest absolute Gasteiger partial charge is 0.491 e. The van der Waals surface area contributed by atoms with Crippen molar-refractivity contribution in [3.63, 3.8) is 0 Å². The van der Waals surface area contributed by atoms with Crippen molar-refractivity contribution < 1.29 is 9.47 Å². The molecule has 5 aliphatic rings. The Bertz CT molecular complexity index is 6660. The molecule has 26 nitrogen and oxygen atoms in total. The molecule has 0 saturated heterocycles. The van der Waals surface area contributed by atoms with Crippen molar-refractivity contribution in [1.29, 1.82) is 0 Å².